The smallest absolute Gasteiger partial charge is 0.451 e. The average molecular weight is 432 g/mol. The topological polar surface area (TPSA) is 156 Å². The monoisotopic (exact) mass is 432 g/mol. The van der Waals surface area contributed by atoms with Gasteiger partial charge in [0.2, 0.25) is 0 Å². The molecule has 3 fully saturated rings. The van der Waals surface area contributed by atoms with Crippen molar-refractivity contribution in [2.75, 3.05) is 32.7 Å². The van der Waals surface area contributed by atoms with E-state index < -0.39 is 34.8 Å². The molecule has 2 saturated heterocycles. The minimum Gasteiger partial charge on any atom is -0.480 e. The van der Waals surface area contributed by atoms with Crippen molar-refractivity contribution in [3.63, 3.8) is 0 Å². The summed E-state index contributed by atoms with van der Waals surface area (Å²) >= 11 is 0. The first-order chi connectivity index (χ1) is 13.6. The van der Waals surface area contributed by atoms with Gasteiger partial charge in [-0.25, -0.2) is 0 Å². The molecule has 0 aromatic carbocycles. The van der Waals surface area contributed by atoms with E-state index in [1.54, 1.807) is 4.31 Å². The molecule has 0 bridgehead atoms. The van der Waals surface area contributed by atoms with E-state index in [0.717, 1.165) is 38.8 Å². The van der Waals surface area contributed by atoms with Crippen LogP contribution in [0.25, 0.3) is 0 Å². The summed E-state index contributed by atoms with van der Waals surface area (Å²) in [5.41, 5.74) is 4.51. The molecular formula is C17H33BN4O6S. The van der Waals surface area contributed by atoms with E-state index in [4.69, 9.17) is 15.8 Å². The number of hydrogen-bond acceptors (Lipinski definition) is 7. The van der Waals surface area contributed by atoms with Crippen LogP contribution in [-0.2, 0) is 15.0 Å². The maximum atomic E-state index is 13.5. The molecule has 1 aliphatic carbocycles. The number of carboxylic acid groups (broad SMARTS) is 1. The molecule has 2 aliphatic heterocycles. The molecule has 0 aromatic heterocycles. The van der Waals surface area contributed by atoms with Gasteiger partial charge in [-0.2, -0.15) is 17.0 Å². The van der Waals surface area contributed by atoms with Crippen molar-refractivity contribution < 1.29 is 28.4 Å². The van der Waals surface area contributed by atoms with Gasteiger partial charge in [-0.05, 0) is 57.4 Å². The van der Waals surface area contributed by atoms with E-state index >= 15 is 0 Å². The van der Waals surface area contributed by atoms with Gasteiger partial charge in [0.25, 0.3) is 10.2 Å². The molecule has 3 rings (SSSR count). The normalized spacial score (nSPS) is 29.4. The molecule has 0 aromatic rings. The van der Waals surface area contributed by atoms with Crippen LogP contribution in [0, 0.1) is 11.8 Å². The van der Waals surface area contributed by atoms with Gasteiger partial charge in [-0.15, -0.1) is 0 Å². The van der Waals surface area contributed by atoms with Crippen LogP contribution in [0.4, 0.5) is 0 Å². The van der Waals surface area contributed by atoms with E-state index in [1.165, 1.54) is 4.31 Å². The van der Waals surface area contributed by atoms with Gasteiger partial charge in [-0.3, -0.25) is 4.79 Å². The van der Waals surface area contributed by atoms with Crippen molar-refractivity contribution in [3.05, 3.63) is 0 Å². The second kappa shape index (κ2) is 9.17. The first kappa shape index (κ1) is 22.9. The van der Waals surface area contributed by atoms with Crippen LogP contribution >= 0.6 is 0 Å². The van der Waals surface area contributed by atoms with Crippen LogP contribution in [0.15, 0.2) is 0 Å². The Hall–Kier alpha value is -0.755. The molecule has 2 heterocycles. The van der Waals surface area contributed by atoms with Gasteiger partial charge in [0.05, 0.1) is 0 Å². The van der Waals surface area contributed by atoms with Crippen LogP contribution in [-0.4, -0.2) is 89.6 Å². The highest BCUT2D eigenvalue weighted by atomic mass is 32.2. The second-order valence-electron chi connectivity index (χ2n) is 8.75. The standard InChI is InChI=1S/C17H33BN4O6S/c19-17(16(23)24)12-21(11-14(17)2-1-7-18(25)26)29(27,28)22(10-13-3-4-13)15-5-8-20-9-6-15/h13-15,20,25-26H,1-12,19H2,(H,23,24)/t14-,17-/m0/s1. The molecule has 0 unspecified atom stereocenters. The third kappa shape index (κ3) is 5.30. The van der Waals surface area contributed by atoms with Crippen LogP contribution in [0.1, 0.15) is 38.5 Å². The lowest BCUT2D eigenvalue weighted by atomic mass is 9.78. The summed E-state index contributed by atoms with van der Waals surface area (Å²) in [5, 5.41) is 31.1. The lowest BCUT2D eigenvalue weighted by Gasteiger charge is -2.36. The van der Waals surface area contributed by atoms with E-state index in [-0.39, 0.29) is 25.5 Å². The van der Waals surface area contributed by atoms with Gasteiger partial charge >= 0.3 is 13.1 Å². The number of aliphatic carboxylic acids is 1. The minimum atomic E-state index is -3.84. The van der Waals surface area contributed by atoms with Crippen molar-refractivity contribution in [3.8, 4) is 0 Å². The molecule has 0 amide bonds. The summed E-state index contributed by atoms with van der Waals surface area (Å²) in [6.07, 6.45) is 4.32. The molecule has 2 atom stereocenters. The summed E-state index contributed by atoms with van der Waals surface area (Å²) in [5.74, 6) is -1.42. The van der Waals surface area contributed by atoms with Crippen molar-refractivity contribution >= 4 is 23.3 Å². The maximum Gasteiger partial charge on any atom is 0.451 e. The number of nitrogens with zero attached hydrogens (tertiary/aromatic N) is 2. The highest BCUT2D eigenvalue weighted by molar-refractivity contribution is 7.86. The van der Waals surface area contributed by atoms with Gasteiger partial charge in [0.15, 0.2) is 0 Å². The van der Waals surface area contributed by atoms with Gasteiger partial charge in [0, 0.05) is 31.6 Å². The Kier molecular flexibility index (Phi) is 7.25. The molecule has 6 N–H and O–H groups in total. The lowest BCUT2D eigenvalue weighted by molar-refractivity contribution is -0.144. The molecule has 3 aliphatic rings. The molecule has 10 nitrogen and oxygen atoms in total. The number of piperidine rings is 1. The average Bonchev–Trinajstić information content (AvgIpc) is 3.42. The quantitative estimate of drug-likeness (QED) is 0.266. The van der Waals surface area contributed by atoms with E-state index in [9.17, 15) is 18.3 Å². The Bertz CT molecular complexity index is 685. The highest BCUT2D eigenvalue weighted by Gasteiger charge is 2.54. The summed E-state index contributed by atoms with van der Waals surface area (Å²) in [4.78, 5) is 11.9. The first-order valence-corrected chi connectivity index (χ1v) is 11.9. The molecule has 12 heteroatoms. The SMILES string of the molecule is N[C@@]1(C(=O)O)CN(S(=O)(=O)N(CC2CC2)C2CCNCC2)C[C@@H]1CCCB(O)O. The summed E-state index contributed by atoms with van der Waals surface area (Å²) in [6, 6.07) is -0.0811. The number of rotatable bonds is 10. The zero-order valence-electron chi connectivity index (χ0n) is 16.7. The predicted octanol–water partition coefficient (Wildman–Crippen LogP) is -1.34. The number of carboxylic acids is 1. The number of nitrogens with one attached hydrogen (secondary N) is 1. The number of carbonyl (C=O) groups is 1. The Morgan fingerprint density at radius 3 is 2.45 bits per heavy atom. The summed E-state index contributed by atoms with van der Waals surface area (Å²) in [6.45, 7) is 1.80. The molecule has 0 spiro atoms. The molecule has 0 radical (unpaired) electrons. The van der Waals surface area contributed by atoms with Crippen LogP contribution < -0.4 is 11.1 Å². The van der Waals surface area contributed by atoms with E-state index in [1.807, 2.05) is 0 Å². The fourth-order valence-electron chi connectivity index (χ4n) is 4.44. The zero-order valence-corrected chi connectivity index (χ0v) is 17.6. The Labute approximate surface area is 172 Å². The fourth-order valence-corrected chi connectivity index (χ4v) is 6.47. The maximum absolute atomic E-state index is 13.5. The molecule has 1 saturated carbocycles. The fraction of sp³-hybridized carbons (Fsp3) is 0.941. The number of hydrogen-bond donors (Lipinski definition) is 5. The number of nitrogens with two attached hydrogens (primary N) is 1. The van der Waals surface area contributed by atoms with Crippen LogP contribution in [0.3, 0.4) is 0 Å². The largest absolute Gasteiger partial charge is 0.480 e. The van der Waals surface area contributed by atoms with Crippen molar-refractivity contribution in [1.82, 2.24) is 13.9 Å². The molecule has 29 heavy (non-hydrogen) atoms. The highest BCUT2D eigenvalue weighted by Crippen LogP contribution is 2.37. The lowest BCUT2D eigenvalue weighted by Crippen LogP contribution is -2.56. The van der Waals surface area contributed by atoms with Crippen molar-refractivity contribution in [2.24, 2.45) is 17.6 Å². The first-order valence-electron chi connectivity index (χ1n) is 10.5. The summed E-state index contributed by atoms with van der Waals surface area (Å²) < 4.78 is 29.9. The van der Waals surface area contributed by atoms with E-state index in [2.05, 4.69) is 5.32 Å². The third-order valence-corrected chi connectivity index (χ3v) is 8.45. The van der Waals surface area contributed by atoms with Crippen molar-refractivity contribution in [2.45, 2.75) is 56.4 Å². The molecular weight excluding hydrogens is 399 g/mol. The zero-order chi connectivity index (χ0) is 21.2. The Morgan fingerprint density at radius 1 is 1.24 bits per heavy atom. The predicted molar refractivity (Wildman–Crippen MR) is 108 cm³/mol. The van der Waals surface area contributed by atoms with Crippen LogP contribution in [0.2, 0.25) is 6.32 Å². The summed E-state index contributed by atoms with van der Waals surface area (Å²) in [7, 11) is -5.31. The van der Waals surface area contributed by atoms with Gasteiger partial charge in [-0.1, -0.05) is 6.42 Å². The van der Waals surface area contributed by atoms with Crippen LogP contribution in [0.5, 0.6) is 0 Å². The molecule has 166 valence electrons. The Balaban J connectivity index is 1.77. The minimum absolute atomic E-state index is 0.0405. The van der Waals surface area contributed by atoms with E-state index in [0.29, 0.717) is 25.3 Å². The van der Waals surface area contributed by atoms with Gasteiger partial charge < -0.3 is 26.2 Å². The Morgan fingerprint density at radius 2 is 1.90 bits per heavy atom. The second-order valence-corrected chi connectivity index (χ2v) is 10.6. The van der Waals surface area contributed by atoms with Gasteiger partial charge in [0.1, 0.15) is 5.54 Å². The third-order valence-electron chi connectivity index (χ3n) is 6.48. The van der Waals surface area contributed by atoms with Crippen molar-refractivity contribution in [1.29, 1.82) is 0 Å².